The molecule has 0 unspecified atom stereocenters. The van der Waals surface area contributed by atoms with Crippen LogP contribution in [0.2, 0.25) is 0 Å². The normalized spacial score (nSPS) is 9.90. The molecule has 5 heteroatoms. The fraction of sp³-hybridized carbons (Fsp3) is 0.0667. The summed E-state index contributed by atoms with van der Waals surface area (Å²) in [5.41, 5.74) is 1.46. The van der Waals surface area contributed by atoms with Crippen molar-refractivity contribution < 1.29 is 14.3 Å². The van der Waals surface area contributed by atoms with E-state index in [0.29, 0.717) is 16.8 Å². The summed E-state index contributed by atoms with van der Waals surface area (Å²) < 4.78 is 5.47. The second kappa shape index (κ2) is 6.34. The zero-order valence-corrected chi connectivity index (χ0v) is 12.3. The largest absolute Gasteiger partial charge is 0.465 e. The minimum atomic E-state index is -0.441. The summed E-state index contributed by atoms with van der Waals surface area (Å²) in [5, 5.41) is 2.74. The minimum absolute atomic E-state index is 0.242. The van der Waals surface area contributed by atoms with Crippen molar-refractivity contribution in [1.82, 2.24) is 0 Å². The molecule has 0 fully saturated rings. The highest BCUT2D eigenvalue weighted by molar-refractivity contribution is 9.10. The Hall–Kier alpha value is -2.14. The van der Waals surface area contributed by atoms with Gasteiger partial charge in [0.2, 0.25) is 0 Å². The van der Waals surface area contributed by atoms with Crippen LogP contribution in [0, 0.1) is 0 Å². The van der Waals surface area contributed by atoms with Crippen LogP contribution in [0.15, 0.2) is 53.0 Å². The predicted molar refractivity (Wildman–Crippen MR) is 79.9 cm³/mol. The highest BCUT2D eigenvalue weighted by Crippen LogP contribution is 2.15. The number of halogens is 1. The van der Waals surface area contributed by atoms with Gasteiger partial charge in [-0.05, 0) is 36.4 Å². The topological polar surface area (TPSA) is 55.4 Å². The maximum atomic E-state index is 12.1. The quantitative estimate of drug-likeness (QED) is 0.875. The number of anilines is 1. The van der Waals surface area contributed by atoms with Crippen LogP contribution in [0.1, 0.15) is 20.7 Å². The zero-order chi connectivity index (χ0) is 14.5. The summed E-state index contributed by atoms with van der Waals surface area (Å²) in [5.74, 6) is -0.683. The molecular weight excluding hydrogens is 322 g/mol. The van der Waals surface area contributed by atoms with Crippen molar-refractivity contribution in [3.63, 3.8) is 0 Å². The van der Waals surface area contributed by atoms with Gasteiger partial charge in [0.05, 0.1) is 12.7 Å². The number of benzene rings is 2. The number of rotatable bonds is 3. The van der Waals surface area contributed by atoms with E-state index in [1.165, 1.54) is 7.11 Å². The molecule has 0 aromatic heterocycles. The number of esters is 1. The molecule has 0 aliphatic rings. The van der Waals surface area contributed by atoms with E-state index in [1.807, 2.05) is 6.07 Å². The number of hydrogen-bond acceptors (Lipinski definition) is 3. The van der Waals surface area contributed by atoms with Gasteiger partial charge in [0.1, 0.15) is 0 Å². The van der Waals surface area contributed by atoms with Crippen molar-refractivity contribution in [3.8, 4) is 0 Å². The molecule has 1 amide bonds. The fourth-order valence-corrected chi connectivity index (χ4v) is 2.07. The number of amides is 1. The van der Waals surface area contributed by atoms with Gasteiger partial charge in [-0.2, -0.15) is 0 Å². The number of nitrogens with one attached hydrogen (secondary N) is 1. The Bertz CT molecular complexity index is 655. The van der Waals surface area contributed by atoms with Gasteiger partial charge < -0.3 is 10.1 Å². The van der Waals surface area contributed by atoms with Gasteiger partial charge in [-0.25, -0.2) is 4.79 Å². The van der Waals surface area contributed by atoms with Crippen molar-refractivity contribution in [1.29, 1.82) is 0 Å². The molecule has 0 aliphatic heterocycles. The second-order valence-corrected chi connectivity index (χ2v) is 4.95. The van der Waals surface area contributed by atoms with E-state index >= 15 is 0 Å². The average Bonchev–Trinajstić information content (AvgIpc) is 2.46. The van der Waals surface area contributed by atoms with Crippen molar-refractivity contribution in [3.05, 3.63) is 64.1 Å². The molecule has 0 saturated heterocycles. The van der Waals surface area contributed by atoms with Crippen molar-refractivity contribution in [2.45, 2.75) is 0 Å². The molecule has 0 spiro atoms. The van der Waals surface area contributed by atoms with Crippen LogP contribution in [-0.2, 0) is 4.74 Å². The van der Waals surface area contributed by atoms with Crippen LogP contribution < -0.4 is 5.32 Å². The third-order valence-electron chi connectivity index (χ3n) is 2.63. The minimum Gasteiger partial charge on any atom is -0.465 e. The Balaban J connectivity index is 2.18. The summed E-state index contributed by atoms with van der Waals surface area (Å²) in [6, 6.07) is 13.6. The number of hydrogen-bond donors (Lipinski definition) is 1. The van der Waals surface area contributed by atoms with Crippen LogP contribution in [0.25, 0.3) is 0 Å². The van der Waals surface area contributed by atoms with Gasteiger partial charge in [0, 0.05) is 15.7 Å². The van der Waals surface area contributed by atoms with Gasteiger partial charge in [-0.3, -0.25) is 4.79 Å². The Kier molecular flexibility index (Phi) is 4.53. The molecule has 2 aromatic rings. The number of ether oxygens (including phenoxy) is 1. The first-order chi connectivity index (χ1) is 9.60. The molecule has 2 aromatic carbocycles. The second-order valence-electron chi connectivity index (χ2n) is 4.04. The lowest BCUT2D eigenvalue weighted by molar-refractivity contribution is 0.0600. The van der Waals surface area contributed by atoms with E-state index in [2.05, 4.69) is 26.0 Å². The summed E-state index contributed by atoms with van der Waals surface area (Å²) in [6.45, 7) is 0. The van der Waals surface area contributed by atoms with Crippen molar-refractivity contribution in [2.75, 3.05) is 12.4 Å². The average molecular weight is 334 g/mol. The predicted octanol–water partition coefficient (Wildman–Crippen LogP) is 3.49. The molecule has 0 aliphatic carbocycles. The first kappa shape index (κ1) is 14.3. The van der Waals surface area contributed by atoms with E-state index in [-0.39, 0.29) is 5.91 Å². The van der Waals surface area contributed by atoms with E-state index < -0.39 is 5.97 Å². The van der Waals surface area contributed by atoms with E-state index in [0.717, 1.165) is 4.47 Å². The number of carbonyl (C=O) groups is 2. The fourth-order valence-electron chi connectivity index (χ4n) is 1.67. The molecule has 20 heavy (non-hydrogen) atoms. The highest BCUT2D eigenvalue weighted by Gasteiger charge is 2.09. The highest BCUT2D eigenvalue weighted by atomic mass is 79.9. The SMILES string of the molecule is COC(=O)c1cccc(NC(=O)c2cccc(Br)c2)c1. The Morgan fingerprint density at radius 1 is 1.05 bits per heavy atom. The van der Waals surface area contributed by atoms with Crippen LogP contribution in [0.4, 0.5) is 5.69 Å². The molecule has 0 heterocycles. The van der Waals surface area contributed by atoms with Crippen molar-refractivity contribution >= 4 is 33.5 Å². The standard InChI is InChI=1S/C15H12BrNO3/c1-20-15(19)11-5-3-7-13(9-11)17-14(18)10-4-2-6-12(16)8-10/h2-9H,1H3,(H,17,18). The van der Waals surface area contributed by atoms with Crippen LogP contribution in [0.3, 0.4) is 0 Å². The van der Waals surface area contributed by atoms with Gasteiger partial charge in [0.15, 0.2) is 0 Å². The molecule has 2 rings (SSSR count). The molecular formula is C15H12BrNO3. The lowest BCUT2D eigenvalue weighted by Gasteiger charge is -2.07. The summed E-state index contributed by atoms with van der Waals surface area (Å²) in [7, 11) is 1.31. The Labute approximate surface area is 124 Å². The molecule has 0 atom stereocenters. The van der Waals surface area contributed by atoms with Crippen LogP contribution in [0.5, 0.6) is 0 Å². The van der Waals surface area contributed by atoms with E-state index in [9.17, 15) is 9.59 Å². The number of methoxy groups -OCH3 is 1. The third-order valence-corrected chi connectivity index (χ3v) is 3.12. The number of carbonyl (C=O) groups excluding carboxylic acids is 2. The molecule has 4 nitrogen and oxygen atoms in total. The van der Waals surface area contributed by atoms with Crippen molar-refractivity contribution in [2.24, 2.45) is 0 Å². The lowest BCUT2D eigenvalue weighted by atomic mass is 10.2. The molecule has 102 valence electrons. The monoisotopic (exact) mass is 333 g/mol. The first-order valence-electron chi connectivity index (χ1n) is 5.85. The van der Waals surface area contributed by atoms with E-state index in [4.69, 9.17) is 0 Å². The Morgan fingerprint density at radius 3 is 2.45 bits per heavy atom. The summed E-state index contributed by atoms with van der Waals surface area (Å²) in [4.78, 5) is 23.5. The molecule has 0 radical (unpaired) electrons. The van der Waals surface area contributed by atoms with E-state index in [1.54, 1.807) is 42.5 Å². The van der Waals surface area contributed by atoms with Crippen LogP contribution >= 0.6 is 15.9 Å². The zero-order valence-electron chi connectivity index (χ0n) is 10.7. The molecule has 1 N–H and O–H groups in total. The van der Waals surface area contributed by atoms with Gasteiger partial charge >= 0.3 is 5.97 Å². The van der Waals surface area contributed by atoms with Gasteiger partial charge in [-0.15, -0.1) is 0 Å². The third kappa shape index (κ3) is 3.45. The molecule has 0 saturated carbocycles. The van der Waals surface area contributed by atoms with Gasteiger partial charge in [0.25, 0.3) is 5.91 Å². The summed E-state index contributed by atoms with van der Waals surface area (Å²) >= 11 is 3.31. The lowest BCUT2D eigenvalue weighted by Crippen LogP contribution is -2.12. The Morgan fingerprint density at radius 2 is 1.75 bits per heavy atom. The molecule has 0 bridgehead atoms. The maximum absolute atomic E-state index is 12.1. The van der Waals surface area contributed by atoms with Crippen LogP contribution in [-0.4, -0.2) is 19.0 Å². The first-order valence-corrected chi connectivity index (χ1v) is 6.65. The summed E-state index contributed by atoms with van der Waals surface area (Å²) in [6.07, 6.45) is 0. The smallest absolute Gasteiger partial charge is 0.337 e. The van der Waals surface area contributed by atoms with Gasteiger partial charge in [-0.1, -0.05) is 28.1 Å². The maximum Gasteiger partial charge on any atom is 0.337 e.